The Morgan fingerprint density at radius 1 is 1.33 bits per heavy atom. The lowest BCUT2D eigenvalue weighted by Crippen LogP contribution is -2.37. The van der Waals surface area contributed by atoms with Crippen LogP contribution in [0, 0.1) is 5.82 Å². The highest BCUT2D eigenvalue weighted by molar-refractivity contribution is 7.89. The molecule has 0 saturated heterocycles. The molecule has 0 unspecified atom stereocenters. The summed E-state index contributed by atoms with van der Waals surface area (Å²) >= 11 is 0. The molecule has 0 saturated carbocycles. The number of aliphatic hydroxyl groups excluding tert-OH is 1. The zero-order valence-electron chi connectivity index (χ0n) is 9.26. The second-order valence-corrected chi connectivity index (χ2v) is 5.37. The van der Waals surface area contributed by atoms with Gasteiger partial charge in [0.05, 0.1) is 18.0 Å². The highest BCUT2D eigenvalue weighted by Gasteiger charge is 2.27. The van der Waals surface area contributed by atoms with Crippen molar-refractivity contribution in [3.63, 3.8) is 0 Å². The number of aliphatic hydroxyl groups is 1. The van der Waals surface area contributed by atoms with Gasteiger partial charge in [-0.2, -0.15) is 4.31 Å². The van der Waals surface area contributed by atoms with Gasteiger partial charge in [0.1, 0.15) is 5.82 Å². The van der Waals surface area contributed by atoms with E-state index in [1.54, 1.807) is 0 Å². The Morgan fingerprint density at radius 2 is 2.00 bits per heavy atom. The van der Waals surface area contributed by atoms with Crippen molar-refractivity contribution in [2.45, 2.75) is 11.3 Å². The first-order chi connectivity index (χ1) is 8.37. The monoisotopic (exact) mass is 283 g/mol. The van der Waals surface area contributed by atoms with Gasteiger partial charge in [-0.3, -0.25) is 0 Å². The number of sulfonamides is 1. The van der Waals surface area contributed by atoms with Crippen molar-refractivity contribution in [3.8, 4) is 0 Å². The first-order valence-corrected chi connectivity index (χ1v) is 6.46. The first kappa shape index (κ1) is 14.9. The average molecular weight is 283 g/mol. The fraction of sp³-hybridized carbons (Fsp3) is 0.400. The number of hydrogen-bond donors (Lipinski definition) is 1. The Balaban J connectivity index is 3.08. The highest BCUT2D eigenvalue weighted by Crippen LogP contribution is 2.17. The van der Waals surface area contributed by atoms with Crippen LogP contribution in [0.2, 0.25) is 0 Å². The zero-order chi connectivity index (χ0) is 13.8. The minimum Gasteiger partial charge on any atom is -0.395 e. The molecule has 0 aliphatic carbocycles. The molecule has 8 heteroatoms. The second kappa shape index (κ2) is 6.17. The molecule has 0 amide bonds. The smallest absolute Gasteiger partial charge is 0.252 e. The predicted molar refractivity (Wildman–Crippen MR) is 58.2 cm³/mol. The average Bonchev–Trinajstić information content (AvgIpc) is 2.28. The van der Waals surface area contributed by atoms with Gasteiger partial charge >= 0.3 is 0 Å². The highest BCUT2D eigenvalue weighted by atomic mass is 32.2. The predicted octanol–water partition coefficient (Wildman–Crippen LogP) is 1.07. The number of alkyl halides is 2. The van der Waals surface area contributed by atoms with Crippen molar-refractivity contribution >= 4 is 10.0 Å². The third kappa shape index (κ3) is 3.69. The van der Waals surface area contributed by atoms with E-state index in [1.165, 1.54) is 6.07 Å². The molecule has 1 N–H and O–H groups in total. The Morgan fingerprint density at radius 3 is 2.50 bits per heavy atom. The lowest BCUT2D eigenvalue weighted by atomic mass is 10.4. The second-order valence-electron chi connectivity index (χ2n) is 3.44. The minimum absolute atomic E-state index is 0.420. The molecule has 18 heavy (non-hydrogen) atoms. The zero-order valence-corrected chi connectivity index (χ0v) is 10.1. The summed E-state index contributed by atoms with van der Waals surface area (Å²) in [7, 11) is -4.23. The molecule has 0 bridgehead atoms. The van der Waals surface area contributed by atoms with Crippen molar-refractivity contribution in [2.24, 2.45) is 0 Å². The van der Waals surface area contributed by atoms with Crippen molar-refractivity contribution < 1.29 is 26.7 Å². The summed E-state index contributed by atoms with van der Waals surface area (Å²) in [6, 6.07) is 4.06. The molecule has 0 atom stereocenters. The molecule has 0 radical (unpaired) electrons. The van der Waals surface area contributed by atoms with Crippen LogP contribution in [0.4, 0.5) is 13.2 Å². The maximum Gasteiger partial charge on any atom is 0.252 e. The Hall–Kier alpha value is -1.12. The van der Waals surface area contributed by atoms with Gasteiger partial charge in [0, 0.05) is 6.54 Å². The van der Waals surface area contributed by atoms with Crippen LogP contribution in [0.15, 0.2) is 29.2 Å². The number of benzene rings is 1. The molecule has 4 nitrogen and oxygen atoms in total. The van der Waals surface area contributed by atoms with E-state index in [-0.39, 0.29) is 0 Å². The van der Waals surface area contributed by atoms with Gasteiger partial charge in [0.2, 0.25) is 10.0 Å². The van der Waals surface area contributed by atoms with Crippen molar-refractivity contribution in [2.75, 3.05) is 19.7 Å². The fourth-order valence-electron chi connectivity index (χ4n) is 1.35. The van der Waals surface area contributed by atoms with E-state index in [0.717, 1.165) is 18.2 Å². The van der Waals surface area contributed by atoms with Crippen LogP contribution in [0.5, 0.6) is 0 Å². The lowest BCUT2D eigenvalue weighted by Gasteiger charge is -2.20. The van der Waals surface area contributed by atoms with Crippen molar-refractivity contribution in [1.29, 1.82) is 0 Å². The van der Waals surface area contributed by atoms with E-state index in [4.69, 9.17) is 5.11 Å². The molecular formula is C10H12F3NO3S. The Kier molecular flexibility index (Phi) is 5.12. The SMILES string of the molecule is O=S(=O)(c1cccc(F)c1)N(CCO)CC(F)F. The normalized spacial score (nSPS) is 12.3. The van der Waals surface area contributed by atoms with E-state index in [1.807, 2.05) is 0 Å². The largest absolute Gasteiger partial charge is 0.395 e. The Bertz CT molecular complexity index is 493. The molecule has 0 aliphatic heterocycles. The third-order valence-electron chi connectivity index (χ3n) is 2.12. The number of hydrogen-bond acceptors (Lipinski definition) is 3. The fourth-order valence-corrected chi connectivity index (χ4v) is 2.79. The molecule has 1 aromatic carbocycles. The number of nitrogens with zero attached hydrogens (tertiary/aromatic N) is 1. The quantitative estimate of drug-likeness (QED) is 0.849. The Labute approximate surface area is 103 Å². The summed E-state index contributed by atoms with van der Waals surface area (Å²) in [5, 5.41) is 8.69. The molecule has 0 aliphatic rings. The van der Waals surface area contributed by atoms with Crippen LogP contribution < -0.4 is 0 Å². The van der Waals surface area contributed by atoms with Gasteiger partial charge in [-0.25, -0.2) is 21.6 Å². The van der Waals surface area contributed by atoms with E-state index >= 15 is 0 Å². The van der Waals surface area contributed by atoms with E-state index in [9.17, 15) is 21.6 Å². The standard InChI is InChI=1S/C10H12F3NO3S/c11-8-2-1-3-9(6-8)18(16,17)14(4-5-15)7-10(12)13/h1-3,6,10,15H,4-5,7H2. The number of rotatable bonds is 6. The number of halogens is 3. The van der Waals surface area contributed by atoms with Gasteiger partial charge in [0.15, 0.2) is 0 Å². The summed E-state index contributed by atoms with van der Waals surface area (Å²) in [6.07, 6.45) is -2.88. The van der Waals surface area contributed by atoms with E-state index in [0.29, 0.717) is 4.31 Å². The molecule has 0 heterocycles. The first-order valence-electron chi connectivity index (χ1n) is 5.02. The lowest BCUT2D eigenvalue weighted by molar-refractivity contribution is 0.113. The van der Waals surface area contributed by atoms with E-state index in [2.05, 4.69) is 0 Å². The van der Waals surface area contributed by atoms with Crippen LogP contribution in [-0.4, -0.2) is 44.0 Å². The van der Waals surface area contributed by atoms with Gasteiger partial charge in [-0.15, -0.1) is 0 Å². The molecule has 0 fully saturated rings. The van der Waals surface area contributed by atoms with Crippen molar-refractivity contribution in [3.05, 3.63) is 30.1 Å². The van der Waals surface area contributed by atoms with Gasteiger partial charge in [0.25, 0.3) is 6.43 Å². The molecule has 1 rings (SSSR count). The maximum atomic E-state index is 12.9. The summed E-state index contributed by atoms with van der Waals surface area (Å²) in [6.45, 7) is -2.11. The minimum atomic E-state index is -4.23. The van der Waals surface area contributed by atoms with Gasteiger partial charge in [-0.1, -0.05) is 6.07 Å². The molecular weight excluding hydrogens is 271 g/mol. The summed E-state index contributed by atoms with van der Waals surface area (Å²) < 4.78 is 61.7. The van der Waals surface area contributed by atoms with Gasteiger partial charge in [-0.05, 0) is 18.2 Å². The molecule has 102 valence electrons. The topological polar surface area (TPSA) is 57.6 Å². The van der Waals surface area contributed by atoms with Crippen molar-refractivity contribution in [1.82, 2.24) is 4.31 Å². The van der Waals surface area contributed by atoms with Gasteiger partial charge < -0.3 is 5.11 Å². The molecule has 0 spiro atoms. The van der Waals surface area contributed by atoms with E-state index < -0.39 is 46.9 Å². The van der Waals surface area contributed by atoms with Crippen LogP contribution in [0.3, 0.4) is 0 Å². The third-order valence-corrected chi connectivity index (χ3v) is 3.99. The maximum absolute atomic E-state index is 12.9. The van der Waals surface area contributed by atoms with Crippen LogP contribution in [-0.2, 0) is 10.0 Å². The van der Waals surface area contributed by atoms with Crippen LogP contribution in [0.25, 0.3) is 0 Å². The van der Waals surface area contributed by atoms with Crippen LogP contribution in [0.1, 0.15) is 0 Å². The summed E-state index contributed by atoms with van der Waals surface area (Å²) in [5.74, 6) is -0.780. The van der Waals surface area contributed by atoms with Crippen LogP contribution >= 0.6 is 0 Å². The molecule has 1 aromatic rings. The summed E-state index contributed by atoms with van der Waals surface area (Å²) in [4.78, 5) is -0.420. The molecule has 0 aromatic heterocycles. The summed E-state index contributed by atoms with van der Waals surface area (Å²) in [5.41, 5.74) is 0.